The highest BCUT2D eigenvalue weighted by atomic mass is 16.3. The van der Waals surface area contributed by atoms with Crippen LogP contribution in [0.4, 0.5) is 0 Å². The van der Waals surface area contributed by atoms with Gasteiger partial charge in [0.15, 0.2) is 0 Å². The monoisotopic (exact) mass is 286 g/mol. The van der Waals surface area contributed by atoms with Gasteiger partial charge in [-0.2, -0.15) is 0 Å². The van der Waals surface area contributed by atoms with Crippen LogP contribution in [0.1, 0.15) is 37.8 Å². The van der Waals surface area contributed by atoms with Crippen molar-refractivity contribution in [1.82, 2.24) is 9.88 Å². The van der Waals surface area contributed by atoms with Crippen molar-refractivity contribution in [2.45, 2.75) is 37.7 Å². The van der Waals surface area contributed by atoms with Crippen LogP contribution >= 0.6 is 0 Å². The first kappa shape index (κ1) is 14.3. The number of rotatable bonds is 3. The Morgan fingerprint density at radius 1 is 1.38 bits per heavy atom. The third-order valence-corrected chi connectivity index (χ3v) is 4.63. The van der Waals surface area contributed by atoms with Gasteiger partial charge in [0.2, 0.25) is 5.91 Å². The second-order valence-corrected chi connectivity index (χ2v) is 6.10. The van der Waals surface area contributed by atoms with Gasteiger partial charge in [-0.15, -0.1) is 0 Å². The number of amides is 1. The lowest BCUT2D eigenvalue weighted by atomic mass is 9.87. The fourth-order valence-corrected chi connectivity index (χ4v) is 3.24. The second kappa shape index (κ2) is 5.98. The lowest BCUT2D eigenvalue weighted by Gasteiger charge is -2.38. The van der Waals surface area contributed by atoms with Gasteiger partial charge in [-0.05, 0) is 43.7 Å². The van der Waals surface area contributed by atoms with E-state index in [0.29, 0.717) is 38.3 Å². The number of hydrogen-bond acceptors (Lipinski definition) is 3. The molecule has 0 aromatic carbocycles. The lowest BCUT2D eigenvalue weighted by molar-refractivity contribution is -0.136. The predicted molar refractivity (Wildman–Crippen MR) is 80.4 cm³/mol. The Morgan fingerprint density at radius 2 is 2.19 bits per heavy atom. The van der Waals surface area contributed by atoms with Crippen LogP contribution in [-0.4, -0.2) is 34.0 Å². The maximum atomic E-state index is 12.3. The first-order valence-electron chi connectivity index (χ1n) is 7.76. The van der Waals surface area contributed by atoms with E-state index in [4.69, 9.17) is 0 Å². The zero-order valence-corrected chi connectivity index (χ0v) is 12.2. The van der Waals surface area contributed by atoms with E-state index in [1.807, 2.05) is 23.1 Å². The van der Waals surface area contributed by atoms with Gasteiger partial charge >= 0.3 is 0 Å². The number of aromatic nitrogens is 1. The Hall–Kier alpha value is -1.68. The molecule has 0 unspecified atom stereocenters. The Labute approximate surface area is 125 Å². The first-order valence-corrected chi connectivity index (χ1v) is 7.76. The highest BCUT2D eigenvalue weighted by Gasteiger charge is 2.36. The van der Waals surface area contributed by atoms with Crippen molar-refractivity contribution in [3.63, 3.8) is 0 Å². The summed E-state index contributed by atoms with van der Waals surface area (Å²) in [5.41, 5.74) is -0.165. The van der Waals surface area contributed by atoms with E-state index in [2.05, 4.69) is 17.1 Å². The molecule has 4 heteroatoms. The molecule has 0 spiro atoms. The highest BCUT2D eigenvalue weighted by Crippen LogP contribution is 2.32. The average molecular weight is 286 g/mol. The lowest BCUT2D eigenvalue weighted by Crippen LogP contribution is -2.45. The van der Waals surface area contributed by atoms with Gasteiger partial charge in [-0.1, -0.05) is 18.2 Å². The summed E-state index contributed by atoms with van der Waals surface area (Å²) in [4.78, 5) is 18.5. The Kier molecular flexibility index (Phi) is 4.06. The van der Waals surface area contributed by atoms with E-state index in [1.54, 1.807) is 6.20 Å². The molecule has 1 aromatic heterocycles. The standard InChI is InChI=1S/C17H22N2O2/c20-16(13-14-5-1-2-6-14)19-11-8-17(21,9-12-19)15-7-3-4-10-18-15/h1,3-5,7,10,14,21H,2,6,8-9,11-13H2/t14-/m0/s1. The van der Waals surface area contributed by atoms with Crippen LogP contribution in [0.3, 0.4) is 0 Å². The van der Waals surface area contributed by atoms with Crippen molar-refractivity contribution < 1.29 is 9.90 Å². The van der Waals surface area contributed by atoms with Crippen LogP contribution in [0.15, 0.2) is 36.5 Å². The highest BCUT2D eigenvalue weighted by molar-refractivity contribution is 5.76. The smallest absolute Gasteiger partial charge is 0.223 e. The van der Waals surface area contributed by atoms with Gasteiger partial charge in [0.1, 0.15) is 5.60 Å². The van der Waals surface area contributed by atoms with E-state index in [1.165, 1.54) is 0 Å². The molecular formula is C17H22N2O2. The number of aliphatic hydroxyl groups is 1. The van der Waals surface area contributed by atoms with Crippen molar-refractivity contribution >= 4 is 5.91 Å². The van der Waals surface area contributed by atoms with Crippen molar-refractivity contribution in [1.29, 1.82) is 0 Å². The summed E-state index contributed by atoms with van der Waals surface area (Å²) in [6.07, 6.45) is 9.96. The van der Waals surface area contributed by atoms with Gasteiger partial charge in [0.05, 0.1) is 5.69 Å². The number of carbonyl (C=O) groups is 1. The number of nitrogens with zero attached hydrogens (tertiary/aromatic N) is 2. The molecule has 1 aliphatic carbocycles. The van der Waals surface area contributed by atoms with E-state index in [-0.39, 0.29) is 5.91 Å². The van der Waals surface area contributed by atoms with Crippen LogP contribution in [-0.2, 0) is 10.4 Å². The van der Waals surface area contributed by atoms with Gasteiger partial charge in [-0.25, -0.2) is 0 Å². The van der Waals surface area contributed by atoms with E-state index in [9.17, 15) is 9.90 Å². The van der Waals surface area contributed by atoms with E-state index in [0.717, 1.165) is 18.5 Å². The van der Waals surface area contributed by atoms with Gasteiger partial charge in [0, 0.05) is 25.7 Å². The van der Waals surface area contributed by atoms with Crippen molar-refractivity contribution in [3.8, 4) is 0 Å². The number of piperidine rings is 1. The molecule has 1 fully saturated rings. The van der Waals surface area contributed by atoms with Crippen LogP contribution < -0.4 is 0 Å². The third-order valence-electron chi connectivity index (χ3n) is 4.63. The fraction of sp³-hybridized carbons (Fsp3) is 0.529. The number of likely N-dealkylation sites (tertiary alicyclic amines) is 1. The van der Waals surface area contributed by atoms with Crippen LogP contribution in [0.5, 0.6) is 0 Å². The molecule has 1 amide bonds. The van der Waals surface area contributed by atoms with Gasteiger partial charge < -0.3 is 10.0 Å². The summed E-state index contributed by atoms with van der Waals surface area (Å²) in [6.45, 7) is 1.23. The normalized spacial score (nSPS) is 24.2. The van der Waals surface area contributed by atoms with Gasteiger partial charge in [0.25, 0.3) is 0 Å². The molecule has 1 aromatic rings. The topological polar surface area (TPSA) is 53.4 Å². The zero-order chi connectivity index (χ0) is 14.7. The van der Waals surface area contributed by atoms with E-state index >= 15 is 0 Å². The molecule has 1 atom stereocenters. The molecule has 0 radical (unpaired) electrons. The molecule has 112 valence electrons. The minimum absolute atomic E-state index is 0.217. The van der Waals surface area contributed by atoms with Crippen molar-refractivity contribution in [2.24, 2.45) is 5.92 Å². The quantitative estimate of drug-likeness (QED) is 0.867. The summed E-state index contributed by atoms with van der Waals surface area (Å²) in [5, 5.41) is 10.7. The summed E-state index contributed by atoms with van der Waals surface area (Å²) < 4.78 is 0. The number of hydrogen-bond donors (Lipinski definition) is 1. The molecular weight excluding hydrogens is 264 g/mol. The Morgan fingerprint density at radius 3 is 2.81 bits per heavy atom. The molecule has 3 rings (SSSR count). The van der Waals surface area contributed by atoms with E-state index < -0.39 is 5.60 Å². The minimum Gasteiger partial charge on any atom is -0.383 e. The van der Waals surface area contributed by atoms with Crippen molar-refractivity contribution in [3.05, 3.63) is 42.2 Å². The average Bonchev–Trinajstić information content (AvgIpc) is 3.02. The molecule has 1 aliphatic heterocycles. The molecule has 0 saturated carbocycles. The maximum Gasteiger partial charge on any atom is 0.223 e. The number of pyridine rings is 1. The summed E-state index contributed by atoms with van der Waals surface area (Å²) in [5.74, 6) is 0.628. The van der Waals surface area contributed by atoms with Crippen LogP contribution in [0, 0.1) is 5.92 Å². The van der Waals surface area contributed by atoms with Gasteiger partial charge in [-0.3, -0.25) is 9.78 Å². The molecule has 21 heavy (non-hydrogen) atoms. The van der Waals surface area contributed by atoms with Crippen LogP contribution in [0.25, 0.3) is 0 Å². The molecule has 0 bridgehead atoms. The first-order chi connectivity index (χ1) is 10.2. The summed E-state index contributed by atoms with van der Waals surface area (Å²) in [6, 6.07) is 5.60. The van der Waals surface area contributed by atoms with Crippen LogP contribution in [0.2, 0.25) is 0 Å². The molecule has 4 nitrogen and oxygen atoms in total. The maximum absolute atomic E-state index is 12.3. The molecule has 2 heterocycles. The second-order valence-electron chi connectivity index (χ2n) is 6.10. The molecule has 1 N–H and O–H groups in total. The third kappa shape index (κ3) is 3.16. The Balaban J connectivity index is 1.57. The number of allylic oxidation sites excluding steroid dienone is 2. The largest absolute Gasteiger partial charge is 0.383 e. The number of carbonyl (C=O) groups excluding carboxylic acids is 1. The zero-order valence-electron chi connectivity index (χ0n) is 12.2. The molecule has 1 saturated heterocycles. The molecule has 2 aliphatic rings. The minimum atomic E-state index is -0.884. The predicted octanol–water partition coefficient (Wildman–Crippen LogP) is 2.25. The summed E-state index contributed by atoms with van der Waals surface area (Å²) in [7, 11) is 0. The SMILES string of the molecule is O=C(C[C@H]1C=CCC1)N1CCC(O)(c2ccccn2)CC1. The fourth-order valence-electron chi connectivity index (χ4n) is 3.24. The van der Waals surface area contributed by atoms with Crippen molar-refractivity contribution in [2.75, 3.05) is 13.1 Å². The Bertz CT molecular complexity index is 519. The summed E-state index contributed by atoms with van der Waals surface area (Å²) >= 11 is 0.